The molecular weight excluding hydrogens is 216 g/mol. The fraction of sp³-hybridized carbons (Fsp3) is 0.778. The van der Waals surface area contributed by atoms with E-state index in [1.165, 1.54) is 6.92 Å². The summed E-state index contributed by atoms with van der Waals surface area (Å²) in [5.41, 5.74) is 0. The van der Waals surface area contributed by atoms with Crippen molar-refractivity contribution in [1.82, 2.24) is 10.2 Å². The smallest absolute Gasteiger partial charge is 0.246 e. The van der Waals surface area contributed by atoms with Gasteiger partial charge in [0.2, 0.25) is 11.8 Å². The Morgan fingerprint density at radius 1 is 1.47 bits per heavy atom. The maximum atomic E-state index is 11.9. The van der Waals surface area contributed by atoms with Gasteiger partial charge in [0.15, 0.2) is 0 Å². The predicted octanol–water partition coefficient (Wildman–Crippen LogP) is -0.720. The van der Waals surface area contributed by atoms with E-state index < -0.39 is 6.04 Å². The zero-order valence-corrected chi connectivity index (χ0v) is 9.63. The Kier molecular flexibility index (Phi) is 4.90. The minimum Gasteiger partial charge on any atom is -0.378 e. The summed E-state index contributed by atoms with van der Waals surface area (Å²) in [7, 11) is 0. The molecule has 1 atom stereocenters. The van der Waals surface area contributed by atoms with Crippen LogP contribution in [0.3, 0.4) is 0 Å². The topological polar surface area (TPSA) is 58.6 Å². The summed E-state index contributed by atoms with van der Waals surface area (Å²) in [6.07, 6.45) is 0. The highest BCUT2D eigenvalue weighted by Crippen LogP contribution is 2.02. The molecular formula is C9H16N2O3S. The van der Waals surface area contributed by atoms with E-state index in [2.05, 4.69) is 17.9 Å². The second kappa shape index (κ2) is 5.97. The van der Waals surface area contributed by atoms with Gasteiger partial charge in [-0.1, -0.05) is 0 Å². The highest BCUT2D eigenvalue weighted by Gasteiger charge is 2.25. The molecule has 15 heavy (non-hydrogen) atoms. The number of ether oxygens (including phenoxy) is 1. The lowest BCUT2D eigenvalue weighted by Gasteiger charge is -2.30. The molecule has 5 nitrogen and oxygen atoms in total. The van der Waals surface area contributed by atoms with Crippen LogP contribution in [-0.2, 0) is 14.3 Å². The Morgan fingerprint density at radius 2 is 2.07 bits per heavy atom. The zero-order chi connectivity index (χ0) is 11.3. The number of hydrogen-bond acceptors (Lipinski definition) is 4. The summed E-state index contributed by atoms with van der Waals surface area (Å²) < 4.78 is 5.14. The predicted molar refractivity (Wildman–Crippen MR) is 58.9 cm³/mol. The van der Waals surface area contributed by atoms with Gasteiger partial charge in [0.05, 0.1) is 13.2 Å². The van der Waals surface area contributed by atoms with Crippen molar-refractivity contribution in [3.05, 3.63) is 0 Å². The van der Waals surface area contributed by atoms with E-state index in [0.29, 0.717) is 32.1 Å². The molecule has 1 aliphatic heterocycles. The number of morpholine rings is 1. The van der Waals surface area contributed by atoms with Gasteiger partial charge in [0.1, 0.15) is 6.04 Å². The van der Waals surface area contributed by atoms with E-state index in [1.807, 2.05) is 0 Å². The summed E-state index contributed by atoms with van der Waals surface area (Å²) in [5.74, 6) is 0.0228. The summed E-state index contributed by atoms with van der Waals surface area (Å²) in [6, 6.07) is -0.524. The van der Waals surface area contributed by atoms with E-state index in [9.17, 15) is 9.59 Å². The zero-order valence-electron chi connectivity index (χ0n) is 8.73. The molecule has 1 rings (SSSR count). The molecule has 0 bridgehead atoms. The number of thiol groups is 1. The summed E-state index contributed by atoms with van der Waals surface area (Å²) in [4.78, 5) is 24.4. The summed E-state index contributed by atoms with van der Waals surface area (Å²) >= 11 is 4.06. The molecule has 0 aromatic rings. The number of nitrogens with one attached hydrogen (secondary N) is 1. The van der Waals surface area contributed by atoms with E-state index in [0.717, 1.165) is 0 Å². The van der Waals surface area contributed by atoms with Gasteiger partial charge < -0.3 is 15.0 Å². The van der Waals surface area contributed by atoms with Crippen molar-refractivity contribution >= 4 is 24.4 Å². The molecule has 0 radical (unpaired) electrons. The van der Waals surface area contributed by atoms with Gasteiger partial charge in [-0.25, -0.2) is 0 Å². The number of amides is 2. The highest BCUT2D eigenvalue weighted by molar-refractivity contribution is 7.80. The van der Waals surface area contributed by atoms with E-state index in [4.69, 9.17) is 4.74 Å². The van der Waals surface area contributed by atoms with Crippen LogP contribution < -0.4 is 5.32 Å². The molecule has 1 N–H and O–H groups in total. The van der Waals surface area contributed by atoms with Crippen molar-refractivity contribution < 1.29 is 14.3 Å². The van der Waals surface area contributed by atoms with Crippen molar-refractivity contribution in [2.45, 2.75) is 13.0 Å². The largest absolute Gasteiger partial charge is 0.378 e. The normalized spacial score (nSPS) is 18.4. The first-order valence-corrected chi connectivity index (χ1v) is 5.53. The first-order valence-electron chi connectivity index (χ1n) is 4.89. The van der Waals surface area contributed by atoms with Crippen molar-refractivity contribution in [1.29, 1.82) is 0 Å². The third kappa shape index (κ3) is 3.71. The Labute approximate surface area is 94.6 Å². The molecule has 0 spiro atoms. The van der Waals surface area contributed by atoms with Crippen molar-refractivity contribution in [2.24, 2.45) is 0 Å². The van der Waals surface area contributed by atoms with Gasteiger partial charge in [-0.15, -0.1) is 0 Å². The molecule has 0 unspecified atom stereocenters. The number of carbonyl (C=O) groups is 2. The molecule has 0 aromatic heterocycles. The molecule has 1 aliphatic rings. The van der Waals surface area contributed by atoms with Crippen LogP contribution in [0, 0.1) is 0 Å². The molecule has 0 saturated carbocycles. The molecule has 6 heteroatoms. The maximum absolute atomic E-state index is 11.9. The number of hydrogen-bond donors (Lipinski definition) is 2. The maximum Gasteiger partial charge on any atom is 0.246 e. The minimum atomic E-state index is -0.524. The van der Waals surface area contributed by atoms with Gasteiger partial charge >= 0.3 is 0 Å². The second-order valence-electron chi connectivity index (χ2n) is 3.37. The lowest BCUT2D eigenvalue weighted by molar-refractivity contribution is -0.138. The summed E-state index contributed by atoms with van der Waals surface area (Å²) in [6.45, 7) is 3.69. The molecule has 2 amide bonds. The Hall–Kier alpha value is -0.750. The van der Waals surface area contributed by atoms with Gasteiger partial charge in [-0.3, -0.25) is 9.59 Å². The van der Waals surface area contributed by atoms with Gasteiger partial charge in [-0.05, 0) is 0 Å². The van der Waals surface area contributed by atoms with E-state index in [-0.39, 0.29) is 11.8 Å². The van der Waals surface area contributed by atoms with Crippen LogP contribution in [-0.4, -0.2) is 54.8 Å². The van der Waals surface area contributed by atoms with Crippen LogP contribution >= 0.6 is 12.6 Å². The third-order valence-corrected chi connectivity index (χ3v) is 2.55. The first kappa shape index (κ1) is 12.3. The van der Waals surface area contributed by atoms with Crippen LogP contribution in [0.1, 0.15) is 6.92 Å². The second-order valence-corrected chi connectivity index (χ2v) is 3.74. The lowest BCUT2D eigenvalue weighted by atomic mass is 10.2. The molecule has 1 saturated heterocycles. The quantitative estimate of drug-likeness (QED) is 0.631. The summed E-state index contributed by atoms with van der Waals surface area (Å²) in [5, 5.41) is 2.58. The average Bonchev–Trinajstić information content (AvgIpc) is 2.26. The number of carbonyl (C=O) groups excluding carboxylic acids is 2. The molecule has 1 fully saturated rings. The van der Waals surface area contributed by atoms with E-state index in [1.54, 1.807) is 4.90 Å². The van der Waals surface area contributed by atoms with Crippen molar-refractivity contribution in [2.75, 3.05) is 32.1 Å². The van der Waals surface area contributed by atoms with Crippen LogP contribution in [0.25, 0.3) is 0 Å². The third-order valence-electron chi connectivity index (χ3n) is 2.18. The standard InChI is InChI=1S/C9H16N2O3S/c1-7(12)10-8(6-15)9(13)11-2-4-14-5-3-11/h8,15H,2-6H2,1H3,(H,10,12)/t8-/m0/s1. The van der Waals surface area contributed by atoms with Gasteiger partial charge in [-0.2, -0.15) is 12.6 Å². The van der Waals surface area contributed by atoms with Crippen molar-refractivity contribution in [3.63, 3.8) is 0 Å². The Morgan fingerprint density at radius 3 is 2.53 bits per heavy atom. The number of rotatable bonds is 3. The van der Waals surface area contributed by atoms with Gasteiger partial charge in [0, 0.05) is 25.8 Å². The van der Waals surface area contributed by atoms with Crippen LogP contribution in [0.5, 0.6) is 0 Å². The fourth-order valence-corrected chi connectivity index (χ4v) is 1.68. The van der Waals surface area contributed by atoms with Crippen LogP contribution in [0.4, 0.5) is 0 Å². The number of nitrogens with zero attached hydrogens (tertiary/aromatic N) is 1. The minimum absolute atomic E-state index is 0.0801. The van der Waals surface area contributed by atoms with Crippen LogP contribution in [0.15, 0.2) is 0 Å². The molecule has 86 valence electrons. The van der Waals surface area contributed by atoms with Crippen LogP contribution in [0.2, 0.25) is 0 Å². The molecule has 0 aliphatic carbocycles. The Balaban J connectivity index is 2.50. The Bertz CT molecular complexity index is 242. The van der Waals surface area contributed by atoms with Gasteiger partial charge in [0.25, 0.3) is 0 Å². The highest BCUT2D eigenvalue weighted by atomic mass is 32.1. The van der Waals surface area contributed by atoms with Crippen molar-refractivity contribution in [3.8, 4) is 0 Å². The van der Waals surface area contributed by atoms with E-state index >= 15 is 0 Å². The monoisotopic (exact) mass is 232 g/mol. The SMILES string of the molecule is CC(=O)N[C@@H](CS)C(=O)N1CCOCC1. The lowest BCUT2D eigenvalue weighted by Crippen LogP contribution is -2.52. The molecule has 0 aromatic carbocycles. The first-order chi connectivity index (χ1) is 7.15. The fourth-order valence-electron chi connectivity index (χ4n) is 1.43. The average molecular weight is 232 g/mol. The molecule has 1 heterocycles.